The smallest absolute Gasteiger partial charge is 0.254 e. The van der Waals surface area contributed by atoms with Crippen LogP contribution in [0.5, 0.6) is 0 Å². The van der Waals surface area contributed by atoms with Gasteiger partial charge in [0.1, 0.15) is 0 Å². The van der Waals surface area contributed by atoms with Gasteiger partial charge in [0.15, 0.2) is 0 Å². The van der Waals surface area contributed by atoms with Crippen molar-refractivity contribution in [3.8, 4) is 0 Å². The number of rotatable bonds is 3. The van der Waals surface area contributed by atoms with E-state index >= 15 is 0 Å². The van der Waals surface area contributed by atoms with Crippen molar-refractivity contribution in [2.24, 2.45) is 0 Å². The van der Waals surface area contributed by atoms with Crippen molar-refractivity contribution in [3.05, 3.63) is 29.8 Å². The molecule has 0 aromatic heterocycles. The summed E-state index contributed by atoms with van der Waals surface area (Å²) in [6.07, 6.45) is 3.82. The summed E-state index contributed by atoms with van der Waals surface area (Å²) in [6.45, 7) is 4.76. The highest BCUT2D eigenvalue weighted by Gasteiger charge is 2.23. The Morgan fingerprint density at radius 2 is 1.95 bits per heavy atom. The standard InChI is InChI=1S/C16H22N2O2/c1-3-15(19)17-14-9-7-13(8-10-14)16(20)18-11-5-4-6-12(18)2/h7-10,12H,3-6,11H2,1-2H3,(H,17,19)/t12-/m0/s1. The number of carbonyl (C=O) groups is 2. The molecular formula is C16H22N2O2. The Hall–Kier alpha value is -1.84. The third kappa shape index (κ3) is 3.38. The average Bonchev–Trinajstić information content (AvgIpc) is 2.47. The quantitative estimate of drug-likeness (QED) is 0.921. The Labute approximate surface area is 120 Å². The third-order valence-electron chi connectivity index (χ3n) is 3.80. The lowest BCUT2D eigenvalue weighted by molar-refractivity contribution is -0.115. The van der Waals surface area contributed by atoms with E-state index in [1.54, 1.807) is 24.3 Å². The van der Waals surface area contributed by atoms with E-state index < -0.39 is 0 Å². The van der Waals surface area contributed by atoms with Gasteiger partial charge >= 0.3 is 0 Å². The first-order valence-corrected chi connectivity index (χ1v) is 7.32. The van der Waals surface area contributed by atoms with Gasteiger partial charge in [-0.05, 0) is 50.5 Å². The Kier molecular flexibility index (Phi) is 4.77. The van der Waals surface area contributed by atoms with Crippen molar-refractivity contribution in [2.45, 2.75) is 45.6 Å². The van der Waals surface area contributed by atoms with Gasteiger partial charge in [-0.2, -0.15) is 0 Å². The molecule has 4 nitrogen and oxygen atoms in total. The maximum atomic E-state index is 12.4. The van der Waals surface area contributed by atoms with Crippen LogP contribution in [0.3, 0.4) is 0 Å². The van der Waals surface area contributed by atoms with E-state index in [1.165, 1.54) is 6.42 Å². The van der Waals surface area contributed by atoms with Gasteiger partial charge in [0.2, 0.25) is 5.91 Å². The molecule has 108 valence electrons. The number of benzene rings is 1. The van der Waals surface area contributed by atoms with Crippen LogP contribution in [-0.2, 0) is 4.79 Å². The Morgan fingerprint density at radius 1 is 1.25 bits per heavy atom. The summed E-state index contributed by atoms with van der Waals surface area (Å²) in [5.74, 6) is 0.0688. The zero-order valence-corrected chi connectivity index (χ0v) is 12.2. The number of likely N-dealkylation sites (tertiary alicyclic amines) is 1. The van der Waals surface area contributed by atoms with Crippen LogP contribution >= 0.6 is 0 Å². The van der Waals surface area contributed by atoms with Crippen LogP contribution in [-0.4, -0.2) is 29.3 Å². The number of hydrogen-bond acceptors (Lipinski definition) is 2. The second kappa shape index (κ2) is 6.55. The number of hydrogen-bond donors (Lipinski definition) is 1. The number of nitrogens with zero attached hydrogens (tertiary/aromatic N) is 1. The molecule has 0 aliphatic carbocycles. The molecule has 1 aromatic rings. The third-order valence-corrected chi connectivity index (χ3v) is 3.80. The van der Waals surface area contributed by atoms with Crippen LogP contribution in [0.15, 0.2) is 24.3 Å². The Morgan fingerprint density at radius 3 is 2.55 bits per heavy atom. The van der Waals surface area contributed by atoms with Gasteiger partial charge in [-0.25, -0.2) is 0 Å². The molecule has 0 radical (unpaired) electrons. The van der Waals surface area contributed by atoms with Gasteiger partial charge in [-0.1, -0.05) is 6.92 Å². The molecule has 1 N–H and O–H groups in total. The molecule has 0 spiro atoms. The molecule has 1 aromatic carbocycles. The maximum Gasteiger partial charge on any atom is 0.254 e. The number of amides is 2. The van der Waals surface area contributed by atoms with Crippen LogP contribution in [0, 0.1) is 0 Å². The highest BCUT2D eigenvalue weighted by molar-refractivity contribution is 5.96. The Bertz CT molecular complexity index is 482. The van der Waals surface area contributed by atoms with Gasteiger partial charge in [0.05, 0.1) is 0 Å². The highest BCUT2D eigenvalue weighted by Crippen LogP contribution is 2.20. The largest absolute Gasteiger partial charge is 0.336 e. The topological polar surface area (TPSA) is 49.4 Å². The molecule has 1 aliphatic rings. The minimum Gasteiger partial charge on any atom is -0.336 e. The van der Waals surface area contributed by atoms with E-state index in [0.29, 0.717) is 18.0 Å². The minimum absolute atomic E-state index is 0.0197. The maximum absolute atomic E-state index is 12.4. The molecule has 0 unspecified atom stereocenters. The SMILES string of the molecule is CCC(=O)Nc1ccc(C(=O)N2CCCC[C@@H]2C)cc1. The second-order valence-corrected chi connectivity index (χ2v) is 5.32. The summed E-state index contributed by atoms with van der Waals surface area (Å²) in [7, 11) is 0. The first-order chi connectivity index (χ1) is 9.61. The molecular weight excluding hydrogens is 252 g/mol. The zero-order chi connectivity index (χ0) is 14.5. The second-order valence-electron chi connectivity index (χ2n) is 5.32. The van der Waals surface area contributed by atoms with Crippen molar-refractivity contribution in [1.29, 1.82) is 0 Å². The number of nitrogens with one attached hydrogen (secondary N) is 1. The normalized spacial score (nSPS) is 18.7. The average molecular weight is 274 g/mol. The molecule has 0 saturated carbocycles. The van der Waals surface area contributed by atoms with Crippen LogP contribution in [0.2, 0.25) is 0 Å². The van der Waals surface area contributed by atoms with Gasteiger partial charge in [0, 0.05) is 30.3 Å². The monoisotopic (exact) mass is 274 g/mol. The fourth-order valence-corrected chi connectivity index (χ4v) is 2.51. The molecule has 4 heteroatoms. The van der Waals surface area contributed by atoms with Crippen LogP contribution in [0.4, 0.5) is 5.69 Å². The highest BCUT2D eigenvalue weighted by atomic mass is 16.2. The Balaban J connectivity index is 2.05. The molecule has 0 bridgehead atoms. The van der Waals surface area contributed by atoms with Gasteiger partial charge in [-0.15, -0.1) is 0 Å². The summed E-state index contributed by atoms with van der Waals surface area (Å²) in [5.41, 5.74) is 1.42. The fraction of sp³-hybridized carbons (Fsp3) is 0.500. The van der Waals surface area contributed by atoms with Gasteiger partial charge in [-0.3, -0.25) is 9.59 Å². The number of carbonyl (C=O) groups excluding carboxylic acids is 2. The van der Waals surface area contributed by atoms with E-state index in [4.69, 9.17) is 0 Å². The van der Waals surface area contributed by atoms with E-state index in [-0.39, 0.29) is 11.8 Å². The molecule has 1 heterocycles. The predicted octanol–water partition coefficient (Wildman–Crippen LogP) is 3.05. The molecule has 2 rings (SSSR count). The number of anilines is 1. The summed E-state index contributed by atoms with van der Waals surface area (Å²) in [4.78, 5) is 25.7. The summed E-state index contributed by atoms with van der Waals surface area (Å²) >= 11 is 0. The van der Waals surface area contributed by atoms with E-state index in [2.05, 4.69) is 12.2 Å². The first kappa shape index (κ1) is 14.6. The molecule has 1 fully saturated rings. The van der Waals surface area contributed by atoms with Crippen molar-refractivity contribution in [1.82, 2.24) is 4.90 Å². The van der Waals surface area contributed by atoms with E-state index in [9.17, 15) is 9.59 Å². The molecule has 1 atom stereocenters. The van der Waals surface area contributed by atoms with Crippen molar-refractivity contribution >= 4 is 17.5 Å². The number of piperidine rings is 1. The van der Waals surface area contributed by atoms with Crippen LogP contribution < -0.4 is 5.32 Å². The van der Waals surface area contributed by atoms with E-state index in [1.807, 2.05) is 11.8 Å². The lowest BCUT2D eigenvalue weighted by Crippen LogP contribution is -2.42. The van der Waals surface area contributed by atoms with Crippen LogP contribution in [0.25, 0.3) is 0 Å². The molecule has 2 amide bonds. The minimum atomic E-state index is -0.0197. The van der Waals surface area contributed by atoms with Crippen LogP contribution in [0.1, 0.15) is 49.9 Å². The zero-order valence-electron chi connectivity index (χ0n) is 12.2. The molecule has 20 heavy (non-hydrogen) atoms. The summed E-state index contributed by atoms with van der Waals surface area (Å²) in [5, 5.41) is 2.78. The van der Waals surface area contributed by atoms with Crippen molar-refractivity contribution in [3.63, 3.8) is 0 Å². The summed E-state index contributed by atoms with van der Waals surface area (Å²) < 4.78 is 0. The van der Waals surface area contributed by atoms with Gasteiger partial charge in [0.25, 0.3) is 5.91 Å². The fourth-order valence-electron chi connectivity index (χ4n) is 2.51. The van der Waals surface area contributed by atoms with Crippen molar-refractivity contribution in [2.75, 3.05) is 11.9 Å². The predicted molar refractivity (Wildman–Crippen MR) is 79.7 cm³/mol. The molecule has 1 aliphatic heterocycles. The van der Waals surface area contributed by atoms with E-state index in [0.717, 1.165) is 25.1 Å². The lowest BCUT2D eigenvalue weighted by Gasteiger charge is -2.33. The summed E-state index contributed by atoms with van der Waals surface area (Å²) in [6, 6.07) is 7.46. The van der Waals surface area contributed by atoms with Gasteiger partial charge < -0.3 is 10.2 Å². The van der Waals surface area contributed by atoms with Crippen molar-refractivity contribution < 1.29 is 9.59 Å². The molecule has 1 saturated heterocycles. The first-order valence-electron chi connectivity index (χ1n) is 7.32. The lowest BCUT2D eigenvalue weighted by atomic mass is 10.0.